The summed E-state index contributed by atoms with van der Waals surface area (Å²) in [5.74, 6) is -2.85. The summed E-state index contributed by atoms with van der Waals surface area (Å²) in [6.45, 7) is 4.06. The summed E-state index contributed by atoms with van der Waals surface area (Å²) in [6.07, 6.45) is -5.08. The minimum absolute atomic E-state index is 0.0958. The summed E-state index contributed by atoms with van der Waals surface area (Å²) in [7, 11) is 0. The Morgan fingerprint density at radius 3 is 2.36 bits per heavy atom. The number of pyridine rings is 1. The van der Waals surface area contributed by atoms with Gasteiger partial charge in [0.15, 0.2) is 5.65 Å². The fraction of sp³-hybridized carbons (Fsp3) is 0.200. The van der Waals surface area contributed by atoms with Crippen molar-refractivity contribution in [1.29, 1.82) is 0 Å². The van der Waals surface area contributed by atoms with Crippen LogP contribution in [0.25, 0.3) is 16.7 Å². The number of rotatable bonds is 2. The summed E-state index contributed by atoms with van der Waals surface area (Å²) in [5, 5.41) is 16.1. The van der Waals surface area contributed by atoms with Crippen LogP contribution in [-0.2, 0) is 11.3 Å². The molecule has 186 valence electrons. The van der Waals surface area contributed by atoms with Gasteiger partial charge in [0.25, 0.3) is 5.91 Å². The molecule has 3 heterocycles. The summed E-state index contributed by atoms with van der Waals surface area (Å²) >= 11 is 0. The predicted molar refractivity (Wildman–Crippen MR) is 127 cm³/mol. The van der Waals surface area contributed by atoms with Crippen molar-refractivity contribution >= 4 is 28.6 Å². The van der Waals surface area contributed by atoms with Crippen molar-refractivity contribution < 1.29 is 27.9 Å². The Hall–Kier alpha value is -4.25. The molecule has 1 amide bonds. The second kappa shape index (κ2) is 10.2. The highest BCUT2D eigenvalue weighted by atomic mass is 19.4. The maximum atomic E-state index is 13.4. The van der Waals surface area contributed by atoms with Crippen LogP contribution in [0.5, 0.6) is 0 Å². The van der Waals surface area contributed by atoms with Crippen molar-refractivity contribution in [2.45, 2.75) is 19.6 Å². The number of anilines is 1. The molecule has 0 saturated heterocycles. The van der Waals surface area contributed by atoms with E-state index in [9.17, 15) is 18.0 Å². The summed E-state index contributed by atoms with van der Waals surface area (Å²) in [6, 6.07) is 21.6. The number of fused-ring (bicyclic) bond motifs is 2. The van der Waals surface area contributed by atoms with Gasteiger partial charge in [-0.15, -0.1) is 0 Å². The Kier molecular flexibility index (Phi) is 7.02. The van der Waals surface area contributed by atoms with E-state index in [1.807, 2.05) is 66.4 Å². The van der Waals surface area contributed by atoms with E-state index in [2.05, 4.69) is 16.5 Å². The van der Waals surface area contributed by atoms with E-state index >= 15 is 0 Å². The van der Waals surface area contributed by atoms with Gasteiger partial charge in [-0.2, -0.15) is 18.3 Å². The highest BCUT2D eigenvalue weighted by molar-refractivity contribution is 6.06. The van der Waals surface area contributed by atoms with E-state index < -0.39 is 12.1 Å². The van der Waals surface area contributed by atoms with Crippen molar-refractivity contribution in [3.63, 3.8) is 0 Å². The monoisotopic (exact) mass is 497 g/mol. The van der Waals surface area contributed by atoms with Crippen LogP contribution in [0.15, 0.2) is 66.7 Å². The smallest absolute Gasteiger partial charge is 0.475 e. The molecule has 0 radical (unpaired) electrons. The van der Waals surface area contributed by atoms with Crippen molar-refractivity contribution in [2.24, 2.45) is 0 Å². The van der Waals surface area contributed by atoms with Gasteiger partial charge >= 0.3 is 12.1 Å². The molecule has 0 fully saturated rings. The van der Waals surface area contributed by atoms with Gasteiger partial charge in [0.05, 0.1) is 11.4 Å². The van der Waals surface area contributed by atoms with E-state index in [1.54, 1.807) is 10.7 Å². The van der Waals surface area contributed by atoms with Gasteiger partial charge in [-0.25, -0.2) is 14.5 Å². The zero-order valence-electron chi connectivity index (χ0n) is 19.2. The van der Waals surface area contributed by atoms with Gasteiger partial charge < -0.3 is 15.3 Å². The maximum Gasteiger partial charge on any atom is 0.490 e. The zero-order valence-corrected chi connectivity index (χ0v) is 19.2. The number of hydrogen-bond acceptors (Lipinski definition) is 5. The normalized spacial score (nSPS) is 13.4. The van der Waals surface area contributed by atoms with Crippen LogP contribution in [0, 0.1) is 6.92 Å². The first-order chi connectivity index (χ1) is 17.2. The molecule has 36 heavy (non-hydrogen) atoms. The van der Waals surface area contributed by atoms with Gasteiger partial charge in [0.1, 0.15) is 5.69 Å². The first-order valence-corrected chi connectivity index (χ1v) is 11.0. The van der Waals surface area contributed by atoms with Gasteiger partial charge in [-0.05, 0) is 42.8 Å². The number of amides is 1. The molecule has 8 nitrogen and oxygen atoms in total. The first kappa shape index (κ1) is 24.9. The number of hydrogen-bond donors (Lipinski definition) is 2. The summed E-state index contributed by atoms with van der Waals surface area (Å²) in [4.78, 5) is 28.9. The number of carbonyl (C=O) groups is 2. The maximum absolute atomic E-state index is 13.4. The SMILES string of the molecule is Cc1nn(-c2ccccc2)c2nc(C(=O)N3CCNCc4ccccc43)ccc12.O=C(O)C(F)(F)F. The average molecular weight is 497 g/mol. The molecule has 5 rings (SSSR count). The number of aryl methyl sites for hydroxylation is 1. The topological polar surface area (TPSA) is 100 Å². The fourth-order valence-electron chi connectivity index (χ4n) is 3.82. The lowest BCUT2D eigenvalue weighted by atomic mass is 10.1. The second-order valence-electron chi connectivity index (χ2n) is 7.97. The summed E-state index contributed by atoms with van der Waals surface area (Å²) < 4.78 is 33.5. The molecule has 0 unspecified atom stereocenters. The lowest BCUT2D eigenvalue weighted by Crippen LogP contribution is -2.35. The molecule has 0 saturated carbocycles. The van der Waals surface area contributed by atoms with E-state index in [0.717, 1.165) is 41.1 Å². The number of carboxylic acid groups (broad SMARTS) is 1. The molecular formula is C25H22F3N5O3. The molecule has 2 N–H and O–H groups in total. The molecule has 0 spiro atoms. The number of nitrogens with zero attached hydrogens (tertiary/aromatic N) is 4. The average Bonchev–Trinajstić information content (AvgIpc) is 3.05. The van der Waals surface area contributed by atoms with Gasteiger partial charge in [-0.3, -0.25) is 4.79 Å². The highest BCUT2D eigenvalue weighted by Crippen LogP contribution is 2.25. The van der Waals surface area contributed by atoms with Crippen molar-refractivity contribution in [3.8, 4) is 5.69 Å². The first-order valence-electron chi connectivity index (χ1n) is 11.0. The molecule has 1 aliphatic heterocycles. The van der Waals surface area contributed by atoms with Crippen LogP contribution in [0.4, 0.5) is 18.9 Å². The van der Waals surface area contributed by atoms with E-state index in [4.69, 9.17) is 14.9 Å². The van der Waals surface area contributed by atoms with Gasteiger partial charge in [0.2, 0.25) is 0 Å². The number of aromatic nitrogens is 3. The van der Waals surface area contributed by atoms with E-state index in [1.165, 1.54) is 0 Å². The Bertz CT molecular complexity index is 1400. The number of para-hydroxylation sites is 2. The van der Waals surface area contributed by atoms with Crippen LogP contribution in [0.3, 0.4) is 0 Å². The third-order valence-electron chi connectivity index (χ3n) is 5.53. The zero-order chi connectivity index (χ0) is 25.9. The fourth-order valence-corrected chi connectivity index (χ4v) is 3.82. The Balaban J connectivity index is 0.000000384. The van der Waals surface area contributed by atoms with Gasteiger partial charge in [0, 0.05) is 30.7 Å². The Morgan fingerprint density at radius 1 is 1.00 bits per heavy atom. The molecule has 0 bridgehead atoms. The number of aliphatic carboxylic acids is 1. The molecule has 4 aromatic rings. The van der Waals surface area contributed by atoms with Crippen LogP contribution in [0.2, 0.25) is 0 Å². The number of carboxylic acids is 1. The largest absolute Gasteiger partial charge is 0.490 e. The standard InChI is InChI=1S/C23H21N5O.C2HF3O2/c1-16-19-11-12-20(25-22(19)28(26-16)18-8-3-2-4-9-18)23(29)27-14-13-24-15-17-7-5-6-10-21(17)27;3-2(4,5)1(6)7/h2-12,24H,13-15H2,1H3;(H,6,7). The molecule has 0 atom stereocenters. The Labute approximate surface area is 204 Å². The lowest BCUT2D eigenvalue weighted by Gasteiger charge is -2.22. The predicted octanol–water partition coefficient (Wildman–Crippen LogP) is 4.11. The molecule has 2 aromatic carbocycles. The minimum atomic E-state index is -5.08. The van der Waals surface area contributed by atoms with Crippen molar-refractivity contribution in [1.82, 2.24) is 20.1 Å². The van der Waals surface area contributed by atoms with Crippen molar-refractivity contribution in [3.05, 3.63) is 83.7 Å². The number of alkyl halides is 3. The third-order valence-corrected chi connectivity index (χ3v) is 5.53. The number of benzene rings is 2. The molecule has 11 heteroatoms. The summed E-state index contributed by atoms with van der Waals surface area (Å²) in [5.41, 5.74) is 4.99. The Morgan fingerprint density at radius 2 is 1.67 bits per heavy atom. The van der Waals surface area contributed by atoms with Crippen LogP contribution in [-0.4, -0.2) is 51.0 Å². The third kappa shape index (κ3) is 5.20. The minimum Gasteiger partial charge on any atom is -0.475 e. The van der Waals surface area contributed by atoms with Crippen molar-refractivity contribution in [2.75, 3.05) is 18.0 Å². The number of carbonyl (C=O) groups excluding carboxylic acids is 1. The molecule has 0 aliphatic carbocycles. The van der Waals surface area contributed by atoms with Crippen LogP contribution in [0.1, 0.15) is 21.7 Å². The van der Waals surface area contributed by atoms with E-state index in [-0.39, 0.29) is 5.91 Å². The quantitative estimate of drug-likeness (QED) is 0.432. The highest BCUT2D eigenvalue weighted by Gasteiger charge is 2.38. The molecule has 1 aliphatic rings. The molecule has 2 aromatic heterocycles. The number of nitrogens with one attached hydrogen (secondary N) is 1. The number of halogens is 3. The van der Waals surface area contributed by atoms with Gasteiger partial charge in [-0.1, -0.05) is 36.4 Å². The van der Waals surface area contributed by atoms with E-state index in [0.29, 0.717) is 17.9 Å². The lowest BCUT2D eigenvalue weighted by molar-refractivity contribution is -0.192. The molecular weight excluding hydrogens is 475 g/mol. The van der Waals surface area contributed by atoms with Crippen LogP contribution >= 0.6 is 0 Å². The second-order valence-corrected chi connectivity index (χ2v) is 7.97. The van der Waals surface area contributed by atoms with Crippen LogP contribution < -0.4 is 10.2 Å².